The van der Waals surface area contributed by atoms with Crippen molar-refractivity contribution in [3.8, 4) is 0 Å². The molecule has 0 radical (unpaired) electrons. The Morgan fingerprint density at radius 3 is 1.98 bits per heavy atom. The third kappa shape index (κ3) is 9.13. The van der Waals surface area contributed by atoms with Gasteiger partial charge in [-0.3, -0.25) is 14.5 Å². The Labute approximate surface area is 260 Å². The molecule has 4 rings (SSSR count). The number of likely N-dealkylation sites (tertiary alicyclic amines) is 1. The summed E-state index contributed by atoms with van der Waals surface area (Å²) in [7, 11) is 0. The number of morpholine rings is 1. The lowest BCUT2D eigenvalue weighted by Crippen LogP contribution is -2.62. The number of unbranched alkanes of at least 4 members (excludes halogenated alkanes) is 3. The Morgan fingerprint density at radius 1 is 0.814 bits per heavy atom. The maximum atomic E-state index is 13.3. The van der Waals surface area contributed by atoms with Gasteiger partial charge in [-0.15, -0.1) is 0 Å². The number of carbonyl (C=O) groups excluding carboxylic acids is 2. The second-order valence-corrected chi connectivity index (χ2v) is 13.4. The first kappa shape index (κ1) is 33.2. The number of carbonyl (C=O) groups is 2. The van der Waals surface area contributed by atoms with E-state index in [1.54, 1.807) is 0 Å². The summed E-state index contributed by atoms with van der Waals surface area (Å²) in [5.41, 5.74) is 6.33. The summed E-state index contributed by atoms with van der Waals surface area (Å²) in [6, 6.07) is 12.2. The van der Waals surface area contributed by atoms with E-state index in [4.69, 9.17) is 4.74 Å². The van der Waals surface area contributed by atoms with Crippen molar-refractivity contribution < 1.29 is 18.8 Å². The van der Waals surface area contributed by atoms with Gasteiger partial charge in [0.1, 0.15) is 25.3 Å². The summed E-state index contributed by atoms with van der Waals surface area (Å²) < 4.78 is 6.87. The molecule has 0 saturated carbocycles. The Hall–Kier alpha value is -2.74. The largest absolute Gasteiger partial charge is 0.364 e. The minimum atomic E-state index is -0.0479. The molecule has 2 aromatic rings. The van der Waals surface area contributed by atoms with Gasteiger partial charge >= 0.3 is 0 Å². The van der Waals surface area contributed by atoms with Crippen LogP contribution in [0.5, 0.6) is 0 Å². The van der Waals surface area contributed by atoms with Crippen LogP contribution < -0.4 is 10.6 Å². The minimum absolute atomic E-state index is 0.0479. The van der Waals surface area contributed by atoms with E-state index in [2.05, 4.69) is 81.3 Å². The zero-order valence-electron chi connectivity index (χ0n) is 27.5. The molecule has 2 aliphatic rings. The van der Waals surface area contributed by atoms with Crippen molar-refractivity contribution in [1.29, 1.82) is 0 Å². The topological polar surface area (TPSA) is 70.7 Å². The predicted molar refractivity (Wildman–Crippen MR) is 177 cm³/mol. The number of amides is 2. The first-order valence-corrected chi connectivity index (χ1v) is 16.5. The molecule has 2 heterocycles. The van der Waals surface area contributed by atoms with Gasteiger partial charge in [-0.2, -0.15) is 0 Å². The average molecular weight is 592 g/mol. The Balaban J connectivity index is 1.27. The van der Waals surface area contributed by atoms with Crippen molar-refractivity contribution in [2.75, 3.05) is 49.9 Å². The molecule has 7 heteroatoms. The van der Waals surface area contributed by atoms with Gasteiger partial charge in [0, 0.05) is 11.4 Å². The molecular weight excluding hydrogens is 536 g/mol. The van der Waals surface area contributed by atoms with Crippen molar-refractivity contribution in [2.45, 2.75) is 105 Å². The lowest BCUT2D eigenvalue weighted by molar-refractivity contribution is -0.934. The third-order valence-electron chi connectivity index (χ3n) is 9.45. The molecule has 2 aromatic carbocycles. The van der Waals surface area contributed by atoms with E-state index in [1.807, 2.05) is 12.1 Å². The Morgan fingerprint density at radius 2 is 1.37 bits per heavy atom. The lowest BCUT2D eigenvalue weighted by atomic mass is 10.00. The highest BCUT2D eigenvalue weighted by molar-refractivity contribution is 5.96. The Bertz CT molecular complexity index is 1190. The van der Waals surface area contributed by atoms with Gasteiger partial charge in [-0.25, -0.2) is 0 Å². The molecule has 3 unspecified atom stereocenters. The molecule has 236 valence electrons. The number of para-hydroxylation sites is 2. The molecular formula is C36H55N4O3+. The maximum Gasteiger partial charge on any atom is 0.279 e. The number of benzene rings is 2. The molecule has 43 heavy (non-hydrogen) atoms. The number of aryl methyl sites for hydroxylation is 4. The first-order valence-electron chi connectivity index (χ1n) is 16.5. The Kier molecular flexibility index (Phi) is 11.8. The summed E-state index contributed by atoms with van der Waals surface area (Å²) in [5.74, 6) is 0.229. The smallest absolute Gasteiger partial charge is 0.279 e. The zero-order valence-corrected chi connectivity index (χ0v) is 27.5. The number of piperidine rings is 1. The standard InChI is InChI=1S/C36H54N4O3/c1-26-15-13-16-27(2)34(26)37-33(41)25-40(23-30(5)43-31(6)24-40)22-12-8-7-10-20-39-21-11-9-19-32(39)36(42)38-35-28(3)17-14-18-29(35)4/h13-18,30-32H,7-12,19-25H2,1-6H3,(H-,37,38,41,42)/p+1. The first-order chi connectivity index (χ1) is 20.6. The molecule has 2 N–H and O–H groups in total. The van der Waals surface area contributed by atoms with Gasteiger partial charge in [0.25, 0.3) is 5.91 Å². The van der Waals surface area contributed by atoms with E-state index < -0.39 is 0 Å². The summed E-state index contributed by atoms with van der Waals surface area (Å²) in [5, 5.41) is 6.48. The predicted octanol–water partition coefficient (Wildman–Crippen LogP) is 6.54. The highest BCUT2D eigenvalue weighted by Crippen LogP contribution is 2.26. The van der Waals surface area contributed by atoms with Crippen molar-refractivity contribution >= 4 is 23.2 Å². The molecule has 0 aromatic heterocycles. The van der Waals surface area contributed by atoms with E-state index in [-0.39, 0.29) is 30.1 Å². The van der Waals surface area contributed by atoms with Crippen molar-refractivity contribution in [2.24, 2.45) is 0 Å². The third-order valence-corrected chi connectivity index (χ3v) is 9.45. The molecule has 2 aliphatic heterocycles. The van der Waals surface area contributed by atoms with Crippen LogP contribution in [0.15, 0.2) is 36.4 Å². The molecule has 0 spiro atoms. The van der Waals surface area contributed by atoms with E-state index in [1.165, 1.54) is 0 Å². The van der Waals surface area contributed by atoms with Crippen LogP contribution in [0.3, 0.4) is 0 Å². The van der Waals surface area contributed by atoms with E-state index in [9.17, 15) is 9.59 Å². The molecule has 2 saturated heterocycles. The fourth-order valence-electron chi connectivity index (χ4n) is 7.42. The fraction of sp³-hybridized carbons (Fsp3) is 0.611. The highest BCUT2D eigenvalue weighted by Gasteiger charge is 2.39. The number of hydrogen-bond donors (Lipinski definition) is 2. The molecule has 0 bridgehead atoms. The molecule has 2 fully saturated rings. The zero-order chi connectivity index (χ0) is 31.0. The van der Waals surface area contributed by atoms with Gasteiger partial charge in [0.15, 0.2) is 6.54 Å². The molecule has 7 nitrogen and oxygen atoms in total. The van der Waals surface area contributed by atoms with Crippen LogP contribution in [0.1, 0.15) is 81.0 Å². The number of hydrogen-bond acceptors (Lipinski definition) is 4. The van der Waals surface area contributed by atoms with Gasteiger partial charge in [-0.05, 0) is 109 Å². The lowest BCUT2D eigenvalue weighted by Gasteiger charge is -2.45. The number of quaternary nitrogens is 1. The van der Waals surface area contributed by atoms with Gasteiger partial charge < -0.3 is 19.9 Å². The van der Waals surface area contributed by atoms with Gasteiger partial charge in [0.05, 0.1) is 12.6 Å². The van der Waals surface area contributed by atoms with Crippen LogP contribution in [0.4, 0.5) is 11.4 Å². The summed E-state index contributed by atoms with van der Waals surface area (Å²) in [4.78, 5) is 29.1. The summed E-state index contributed by atoms with van der Waals surface area (Å²) in [6.07, 6.45) is 7.94. The van der Waals surface area contributed by atoms with Crippen LogP contribution >= 0.6 is 0 Å². The van der Waals surface area contributed by atoms with E-state index in [0.717, 1.165) is 116 Å². The van der Waals surface area contributed by atoms with Gasteiger partial charge in [0.2, 0.25) is 5.91 Å². The molecule has 0 aliphatic carbocycles. The van der Waals surface area contributed by atoms with Crippen LogP contribution in [0, 0.1) is 27.7 Å². The highest BCUT2D eigenvalue weighted by atomic mass is 16.5. The number of rotatable bonds is 12. The van der Waals surface area contributed by atoms with Crippen LogP contribution in [-0.2, 0) is 14.3 Å². The van der Waals surface area contributed by atoms with Crippen LogP contribution in [0.25, 0.3) is 0 Å². The number of anilines is 2. The summed E-state index contributed by atoms with van der Waals surface area (Å²) >= 11 is 0. The van der Waals surface area contributed by atoms with Crippen molar-refractivity contribution in [3.05, 3.63) is 58.7 Å². The number of nitrogens with one attached hydrogen (secondary N) is 2. The average Bonchev–Trinajstić information content (AvgIpc) is 2.94. The number of nitrogens with zero attached hydrogens (tertiary/aromatic N) is 2. The van der Waals surface area contributed by atoms with Crippen LogP contribution in [0.2, 0.25) is 0 Å². The minimum Gasteiger partial charge on any atom is -0.364 e. The second-order valence-electron chi connectivity index (χ2n) is 13.4. The van der Waals surface area contributed by atoms with Crippen LogP contribution in [-0.4, -0.2) is 78.7 Å². The van der Waals surface area contributed by atoms with Crippen molar-refractivity contribution in [3.63, 3.8) is 0 Å². The van der Waals surface area contributed by atoms with Crippen molar-refractivity contribution in [1.82, 2.24) is 4.90 Å². The maximum absolute atomic E-state index is 13.3. The molecule has 2 amide bonds. The second kappa shape index (κ2) is 15.3. The monoisotopic (exact) mass is 591 g/mol. The molecule has 3 atom stereocenters. The normalized spacial score (nSPS) is 24.5. The summed E-state index contributed by atoms with van der Waals surface area (Å²) in [6.45, 7) is 17.7. The SMILES string of the molecule is Cc1cccc(C)c1NC(=O)C[N+]1(CCCCCCN2CCCCC2C(=O)Nc2c(C)cccc2C)CC(C)OC(C)C1. The van der Waals surface area contributed by atoms with Gasteiger partial charge in [-0.1, -0.05) is 49.2 Å². The van der Waals surface area contributed by atoms with E-state index >= 15 is 0 Å². The number of ether oxygens (including phenoxy) is 1. The quantitative estimate of drug-likeness (QED) is 0.217. The fourth-order valence-corrected chi connectivity index (χ4v) is 7.42. The van der Waals surface area contributed by atoms with E-state index in [0.29, 0.717) is 6.54 Å².